The Labute approximate surface area is 216 Å². The normalized spacial score (nSPS) is 21.9. The number of hydrogen-bond donors (Lipinski definition) is 1. The number of carbonyl (C=O) groups excluding carboxylic acids is 2. The molecule has 2 aromatic carbocycles. The van der Waals surface area contributed by atoms with E-state index in [0.717, 1.165) is 25.1 Å². The second kappa shape index (κ2) is 13.3. The van der Waals surface area contributed by atoms with Gasteiger partial charge in [0, 0.05) is 44.7 Å². The summed E-state index contributed by atoms with van der Waals surface area (Å²) in [4.78, 5) is 39.2. The van der Waals surface area contributed by atoms with Gasteiger partial charge in [-0.15, -0.1) is 0 Å². The van der Waals surface area contributed by atoms with Gasteiger partial charge in [0.1, 0.15) is 5.57 Å². The molecule has 0 aliphatic carbocycles. The number of carboxylic acid groups (broad SMARTS) is 1. The van der Waals surface area contributed by atoms with Gasteiger partial charge in [0.2, 0.25) is 0 Å². The summed E-state index contributed by atoms with van der Waals surface area (Å²) in [7, 11) is 0. The van der Waals surface area contributed by atoms with E-state index in [1.807, 2.05) is 53.4 Å². The van der Waals surface area contributed by atoms with Gasteiger partial charge in [0.25, 0.3) is 6.41 Å². The van der Waals surface area contributed by atoms with Gasteiger partial charge >= 0.3 is 11.9 Å². The monoisotopic (exact) mass is 508 g/mol. The first kappa shape index (κ1) is 26.7. The van der Waals surface area contributed by atoms with Gasteiger partial charge in [-0.05, 0) is 17.5 Å². The third kappa shape index (κ3) is 7.56. The largest absolute Gasteiger partial charge is 0.478 e. The summed E-state index contributed by atoms with van der Waals surface area (Å²) in [6, 6.07) is 20.3. The minimum absolute atomic E-state index is 0.145. The summed E-state index contributed by atoms with van der Waals surface area (Å²) in [6.45, 7) is 4.11. The van der Waals surface area contributed by atoms with Gasteiger partial charge in [-0.3, -0.25) is 9.69 Å². The first-order valence-corrected chi connectivity index (χ1v) is 12.4. The Bertz CT molecular complexity index is 1070. The van der Waals surface area contributed by atoms with Crippen molar-refractivity contribution in [2.75, 3.05) is 39.4 Å². The van der Waals surface area contributed by atoms with Crippen LogP contribution in [-0.2, 0) is 35.0 Å². The Morgan fingerprint density at radius 3 is 2.38 bits per heavy atom. The molecular formula is C28H32N2O7. The van der Waals surface area contributed by atoms with Crippen molar-refractivity contribution in [3.05, 3.63) is 83.4 Å². The van der Waals surface area contributed by atoms with E-state index in [9.17, 15) is 14.4 Å². The topological polar surface area (TPSA) is 106 Å². The molecule has 0 aromatic heterocycles. The molecule has 0 spiro atoms. The van der Waals surface area contributed by atoms with Crippen LogP contribution in [0.25, 0.3) is 0 Å². The van der Waals surface area contributed by atoms with E-state index in [0.29, 0.717) is 38.8 Å². The average Bonchev–Trinajstić information content (AvgIpc) is 3.29. The minimum atomic E-state index is -1.40. The summed E-state index contributed by atoms with van der Waals surface area (Å²) < 4.78 is 17.1. The zero-order valence-electron chi connectivity index (χ0n) is 20.6. The molecule has 2 aliphatic heterocycles. The summed E-state index contributed by atoms with van der Waals surface area (Å²) in [6.07, 6.45) is 0.843. The Balaban J connectivity index is 1.49. The first-order chi connectivity index (χ1) is 18.0. The number of ether oxygens (including phenoxy) is 3. The molecule has 0 saturated carbocycles. The van der Waals surface area contributed by atoms with E-state index in [4.69, 9.17) is 19.3 Å². The van der Waals surface area contributed by atoms with E-state index in [2.05, 4.69) is 17.0 Å². The van der Waals surface area contributed by atoms with E-state index in [-0.39, 0.29) is 18.4 Å². The molecule has 2 fully saturated rings. The standard InChI is InChI=1S/C28H32N2O7/c31-20-23(18-26(32)33)27(34)37-28-30(19-24(36-28)17-21-7-3-1-4-8-21)12-11-25(22-9-5-2-6-10-22)29-13-15-35-16-14-29/h1-10,18,20,24-25,28H,11-17,19H2,(H,32,33)/b23-18+. The van der Waals surface area contributed by atoms with Crippen LogP contribution in [0, 0.1) is 0 Å². The molecular weight excluding hydrogens is 476 g/mol. The van der Waals surface area contributed by atoms with E-state index in [1.165, 1.54) is 5.56 Å². The number of esters is 1. The van der Waals surface area contributed by atoms with Crippen molar-refractivity contribution in [2.24, 2.45) is 0 Å². The lowest BCUT2D eigenvalue weighted by atomic mass is 10.0. The lowest BCUT2D eigenvalue weighted by molar-refractivity contribution is -0.196. The second-order valence-electron chi connectivity index (χ2n) is 9.07. The Hall–Kier alpha value is -3.37. The van der Waals surface area contributed by atoms with Crippen LogP contribution >= 0.6 is 0 Å². The van der Waals surface area contributed by atoms with Crippen molar-refractivity contribution >= 4 is 18.2 Å². The molecule has 0 bridgehead atoms. The third-order valence-electron chi connectivity index (χ3n) is 6.56. The molecule has 1 N–H and O–H groups in total. The Kier molecular flexibility index (Phi) is 9.56. The molecule has 0 radical (unpaired) electrons. The van der Waals surface area contributed by atoms with Crippen LogP contribution in [0.4, 0.5) is 0 Å². The first-order valence-electron chi connectivity index (χ1n) is 12.4. The molecule has 4 rings (SSSR count). The molecule has 9 nitrogen and oxygen atoms in total. The molecule has 2 saturated heterocycles. The molecule has 37 heavy (non-hydrogen) atoms. The van der Waals surface area contributed by atoms with Crippen molar-refractivity contribution in [2.45, 2.75) is 31.4 Å². The fraction of sp³-hybridized carbons (Fsp3) is 0.393. The second-order valence-corrected chi connectivity index (χ2v) is 9.07. The summed E-state index contributed by atoms with van der Waals surface area (Å²) >= 11 is 0. The number of aliphatic carboxylic acids is 1. The van der Waals surface area contributed by atoms with E-state index in [1.54, 1.807) is 0 Å². The highest BCUT2D eigenvalue weighted by Crippen LogP contribution is 2.28. The van der Waals surface area contributed by atoms with Crippen LogP contribution in [0.15, 0.2) is 72.3 Å². The number of nitrogens with zero attached hydrogens (tertiary/aromatic N) is 2. The van der Waals surface area contributed by atoms with E-state index >= 15 is 0 Å². The van der Waals surface area contributed by atoms with Crippen LogP contribution < -0.4 is 0 Å². The highest BCUT2D eigenvalue weighted by atomic mass is 16.7. The number of aldehydes is 1. The third-order valence-corrected chi connectivity index (χ3v) is 6.56. The van der Waals surface area contributed by atoms with Gasteiger partial charge in [0.15, 0.2) is 6.29 Å². The minimum Gasteiger partial charge on any atom is -0.478 e. The maximum Gasteiger partial charge on any atom is 0.345 e. The van der Waals surface area contributed by atoms with E-state index < -0.39 is 23.9 Å². The molecule has 2 aromatic rings. The molecule has 0 amide bonds. The van der Waals surface area contributed by atoms with Crippen LogP contribution in [0.1, 0.15) is 23.6 Å². The van der Waals surface area contributed by atoms with Gasteiger partial charge in [0.05, 0.1) is 19.3 Å². The number of morpholine rings is 1. The predicted octanol–water partition coefficient (Wildman–Crippen LogP) is 2.43. The zero-order valence-corrected chi connectivity index (χ0v) is 20.6. The van der Waals surface area contributed by atoms with Crippen LogP contribution in [-0.4, -0.2) is 85.0 Å². The van der Waals surface area contributed by atoms with Crippen molar-refractivity contribution < 1.29 is 33.7 Å². The molecule has 2 aliphatic rings. The van der Waals surface area contributed by atoms with Crippen molar-refractivity contribution in [1.82, 2.24) is 9.80 Å². The maximum absolute atomic E-state index is 12.6. The van der Waals surface area contributed by atoms with Gasteiger partial charge in [-0.25, -0.2) is 14.5 Å². The Morgan fingerprint density at radius 2 is 1.73 bits per heavy atom. The van der Waals surface area contributed by atoms with Crippen molar-refractivity contribution in [3.63, 3.8) is 0 Å². The fourth-order valence-electron chi connectivity index (χ4n) is 4.78. The SMILES string of the molecule is O=C/C(=C\C(=O)O)C(=O)OC1OC(Cc2ccccc2)CN1CCC(c1ccccc1)N1CCOCC1. The van der Waals surface area contributed by atoms with Crippen LogP contribution in [0.3, 0.4) is 0 Å². The quantitative estimate of drug-likeness (QED) is 0.161. The van der Waals surface area contributed by atoms with Gasteiger partial charge in [-0.1, -0.05) is 60.7 Å². The summed E-state index contributed by atoms with van der Waals surface area (Å²) in [5, 5.41) is 8.96. The molecule has 196 valence electrons. The summed E-state index contributed by atoms with van der Waals surface area (Å²) in [5.74, 6) is -2.43. The summed E-state index contributed by atoms with van der Waals surface area (Å²) in [5.41, 5.74) is 1.72. The number of carbonyl (C=O) groups is 3. The Morgan fingerprint density at radius 1 is 1.05 bits per heavy atom. The van der Waals surface area contributed by atoms with Crippen LogP contribution in [0.5, 0.6) is 0 Å². The predicted molar refractivity (Wildman–Crippen MR) is 134 cm³/mol. The van der Waals surface area contributed by atoms with Crippen LogP contribution in [0.2, 0.25) is 0 Å². The molecule has 9 heteroatoms. The highest BCUT2D eigenvalue weighted by molar-refractivity contribution is 6.11. The molecule has 2 heterocycles. The maximum atomic E-state index is 12.6. The van der Waals surface area contributed by atoms with Gasteiger partial charge < -0.3 is 19.3 Å². The number of rotatable bonds is 11. The molecule has 3 atom stereocenters. The average molecular weight is 509 g/mol. The number of benzene rings is 2. The lowest BCUT2D eigenvalue weighted by Gasteiger charge is -2.36. The lowest BCUT2D eigenvalue weighted by Crippen LogP contribution is -2.41. The van der Waals surface area contributed by atoms with Crippen molar-refractivity contribution in [3.8, 4) is 0 Å². The smallest absolute Gasteiger partial charge is 0.345 e. The number of hydrogen-bond acceptors (Lipinski definition) is 8. The number of carboxylic acids is 1. The fourth-order valence-corrected chi connectivity index (χ4v) is 4.78. The highest BCUT2D eigenvalue weighted by Gasteiger charge is 2.37. The van der Waals surface area contributed by atoms with Gasteiger partial charge in [-0.2, -0.15) is 0 Å². The molecule has 3 unspecified atom stereocenters. The zero-order chi connectivity index (χ0) is 26.0. The van der Waals surface area contributed by atoms with Crippen molar-refractivity contribution in [1.29, 1.82) is 0 Å².